The zero-order valence-corrected chi connectivity index (χ0v) is 20.3. The molecule has 170 valence electrons. The first-order valence-electron chi connectivity index (χ1n) is 14.6. The second kappa shape index (κ2) is 8.67. The molecule has 0 amide bonds. The Morgan fingerprint density at radius 3 is 2.77 bits per heavy atom. The molecule has 0 aromatic carbocycles. The van der Waals surface area contributed by atoms with E-state index in [-0.39, 0.29) is 17.8 Å². The number of hydrogen-bond donors (Lipinski definition) is 0. The van der Waals surface area contributed by atoms with Crippen LogP contribution in [0.15, 0.2) is 24.4 Å². The Bertz CT molecular complexity index is 769. The zero-order chi connectivity index (χ0) is 24.0. The summed E-state index contributed by atoms with van der Waals surface area (Å²) < 4.78 is 28.2. The number of fused-ring (bicyclic) bond motifs is 5. The lowest BCUT2D eigenvalue weighted by molar-refractivity contribution is -0.0580. The molecule has 1 heteroatoms. The Hall–Kier alpha value is -0.720. The van der Waals surface area contributed by atoms with Crippen molar-refractivity contribution in [2.75, 3.05) is 0 Å². The van der Waals surface area contributed by atoms with Crippen molar-refractivity contribution in [3.63, 3.8) is 0 Å². The highest BCUT2D eigenvalue weighted by molar-refractivity contribution is 5.25. The molecule has 0 heterocycles. The summed E-state index contributed by atoms with van der Waals surface area (Å²) in [5, 5.41) is 0. The summed E-state index contributed by atoms with van der Waals surface area (Å²) in [6.07, 6.45) is 16.3. The predicted molar refractivity (Wildman–Crippen MR) is 128 cm³/mol. The summed E-state index contributed by atoms with van der Waals surface area (Å²) in [5.74, 6) is 5.11. The molecule has 1 nitrogen and oxygen atoms in total. The molecule has 0 unspecified atom stereocenters. The molecule has 0 aromatic heterocycles. The van der Waals surface area contributed by atoms with E-state index in [0.717, 1.165) is 54.8 Å². The van der Waals surface area contributed by atoms with E-state index < -0.39 is 6.53 Å². The molecular weight excluding hydrogens is 364 g/mol. The maximum Gasteiger partial charge on any atom is 0.103 e. The van der Waals surface area contributed by atoms with E-state index in [1.165, 1.54) is 51.4 Å². The van der Waals surface area contributed by atoms with Crippen LogP contribution < -0.4 is 0 Å². The van der Waals surface area contributed by atoms with Gasteiger partial charge in [0.2, 0.25) is 0 Å². The molecule has 3 fully saturated rings. The van der Waals surface area contributed by atoms with Crippen molar-refractivity contribution in [2.45, 2.75) is 111 Å². The smallest absolute Gasteiger partial charge is 0.103 e. The SMILES string of the molecule is [2H]C([2H])=C([2H])O[C@H]1CC[C@@]2(C)C(=CC[C@H]3[C@@H]4CC[C@H]([C@H](C)CCCC(C)C)[C@@]4(C)CC[C@@H]32)C1. The summed E-state index contributed by atoms with van der Waals surface area (Å²) in [4.78, 5) is 0. The van der Waals surface area contributed by atoms with Crippen LogP contribution in [0.2, 0.25) is 0 Å². The van der Waals surface area contributed by atoms with Crippen LogP contribution in [0.4, 0.5) is 0 Å². The summed E-state index contributed by atoms with van der Waals surface area (Å²) >= 11 is 0. The normalized spacial score (nSPS) is 45.2. The van der Waals surface area contributed by atoms with Crippen LogP contribution in [-0.4, -0.2) is 6.10 Å². The van der Waals surface area contributed by atoms with Gasteiger partial charge in [-0.25, -0.2) is 0 Å². The number of rotatable bonds is 7. The molecule has 4 aliphatic carbocycles. The number of ether oxygens (including phenoxy) is 1. The van der Waals surface area contributed by atoms with Crippen LogP contribution in [0, 0.1) is 46.3 Å². The third-order valence-corrected chi connectivity index (χ3v) is 10.5. The average molecular weight is 416 g/mol. The molecule has 3 saturated carbocycles. The lowest BCUT2D eigenvalue weighted by Crippen LogP contribution is -2.50. The van der Waals surface area contributed by atoms with Gasteiger partial charge in [0.1, 0.15) is 7.47 Å². The Balaban J connectivity index is 1.46. The maximum atomic E-state index is 7.77. The van der Waals surface area contributed by atoms with Crippen molar-refractivity contribution in [1.29, 1.82) is 0 Å². The highest BCUT2D eigenvalue weighted by Crippen LogP contribution is 2.67. The molecule has 0 N–H and O–H groups in total. The fraction of sp³-hybridized carbons (Fsp3) is 0.862. The van der Waals surface area contributed by atoms with Gasteiger partial charge in [0, 0.05) is 6.42 Å². The van der Waals surface area contributed by atoms with E-state index >= 15 is 0 Å². The monoisotopic (exact) mass is 415 g/mol. The molecule has 0 saturated heterocycles. The third-order valence-electron chi connectivity index (χ3n) is 10.5. The van der Waals surface area contributed by atoms with Crippen LogP contribution in [0.5, 0.6) is 0 Å². The minimum absolute atomic E-state index is 0.0320. The van der Waals surface area contributed by atoms with Gasteiger partial charge < -0.3 is 4.74 Å². The average Bonchev–Trinajstić information content (AvgIpc) is 3.11. The molecular formula is C29H48O. The van der Waals surface area contributed by atoms with E-state index in [2.05, 4.69) is 40.7 Å². The molecule has 30 heavy (non-hydrogen) atoms. The highest BCUT2D eigenvalue weighted by Gasteiger charge is 2.59. The van der Waals surface area contributed by atoms with Crippen LogP contribution in [-0.2, 0) is 4.74 Å². The van der Waals surface area contributed by atoms with Crippen LogP contribution >= 0.6 is 0 Å². The lowest BCUT2D eigenvalue weighted by Gasteiger charge is -2.58. The molecule has 0 aromatic rings. The Labute approximate surface area is 191 Å². The van der Waals surface area contributed by atoms with Crippen LogP contribution in [0.1, 0.15) is 109 Å². The van der Waals surface area contributed by atoms with E-state index in [1.807, 2.05) is 0 Å². The van der Waals surface area contributed by atoms with Gasteiger partial charge in [0.25, 0.3) is 0 Å². The van der Waals surface area contributed by atoms with Gasteiger partial charge in [-0.05, 0) is 91.3 Å². The van der Waals surface area contributed by atoms with Crippen LogP contribution in [0.3, 0.4) is 0 Å². The standard InChI is InChI=1S/C29H48O/c1-7-30-23-15-17-28(5)22(19-23)11-12-24-26-14-13-25(21(4)10-8-9-20(2)3)29(26,6)18-16-27(24)28/h7,11,20-21,23-27H,1,8-10,12-19H2,2-6H3/t21-,23+,24+,25-,26+,27+,28+,29-/m1/s1/i1D2,7D. The summed E-state index contributed by atoms with van der Waals surface area (Å²) in [5.41, 5.74) is 2.36. The fourth-order valence-electron chi connectivity index (χ4n) is 8.84. The fourth-order valence-corrected chi connectivity index (χ4v) is 8.84. The van der Waals surface area contributed by atoms with Crippen molar-refractivity contribution < 1.29 is 8.85 Å². The van der Waals surface area contributed by atoms with Crippen molar-refractivity contribution in [3.8, 4) is 0 Å². The van der Waals surface area contributed by atoms with Crippen LogP contribution in [0.25, 0.3) is 0 Å². The van der Waals surface area contributed by atoms with Gasteiger partial charge >= 0.3 is 0 Å². The third kappa shape index (κ3) is 3.81. The summed E-state index contributed by atoms with van der Waals surface area (Å²) in [6.45, 7) is 11.9. The minimum Gasteiger partial charge on any atom is -0.498 e. The number of allylic oxidation sites excluding steroid dienone is 1. The first-order valence-corrected chi connectivity index (χ1v) is 13.1. The van der Waals surface area contributed by atoms with Gasteiger partial charge in [0.05, 0.1) is 8.98 Å². The molecule has 0 spiro atoms. The van der Waals surface area contributed by atoms with Gasteiger partial charge in [-0.2, -0.15) is 0 Å². The molecule has 4 aliphatic rings. The molecule has 8 atom stereocenters. The Morgan fingerprint density at radius 1 is 1.17 bits per heavy atom. The van der Waals surface area contributed by atoms with Gasteiger partial charge in [-0.15, -0.1) is 0 Å². The van der Waals surface area contributed by atoms with Gasteiger partial charge in [0.15, 0.2) is 0 Å². The molecule has 4 rings (SSSR count). The van der Waals surface area contributed by atoms with Gasteiger partial charge in [-0.1, -0.05) is 72.1 Å². The summed E-state index contributed by atoms with van der Waals surface area (Å²) in [6, 6.07) is 0. The van der Waals surface area contributed by atoms with Crippen molar-refractivity contribution >= 4 is 0 Å². The highest BCUT2D eigenvalue weighted by atomic mass is 16.5. The second-order valence-corrected chi connectivity index (χ2v) is 12.4. The second-order valence-electron chi connectivity index (χ2n) is 12.4. The molecule has 0 radical (unpaired) electrons. The Morgan fingerprint density at radius 2 is 2.00 bits per heavy atom. The predicted octanol–water partition coefficient (Wildman–Crippen LogP) is 8.56. The van der Waals surface area contributed by atoms with E-state index in [1.54, 1.807) is 5.57 Å². The van der Waals surface area contributed by atoms with E-state index in [9.17, 15) is 0 Å². The van der Waals surface area contributed by atoms with E-state index in [0.29, 0.717) is 5.41 Å². The largest absolute Gasteiger partial charge is 0.498 e. The quantitative estimate of drug-likeness (QED) is 0.299. The van der Waals surface area contributed by atoms with E-state index in [4.69, 9.17) is 8.85 Å². The molecule has 0 aliphatic heterocycles. The summed E-state index contributed by atoms with van der Waals surface area (Å²) in [7, 11) is 0. The molecule has 0 bridgehead atoms. The van der Waals surface area contributed by atoms with Crippen molar-refractivity contribution in [3.05, 3.63) is 24.4 Å². The topological polar surface area (TPSA) is 9.23 Å². The minimum atomic E-state index is -0.512. The first kappa shape index (κ1) is 18.8. The Kier molecular flexibility index (Phi) is 5.43. The number of hydrogen-bond acceptors (Lipinski definition) is 1. The van der Waals surface area contributed by atoms with Crippen molar-refractivity contribution in [1.82, 2.24) is 0 Å². The maximum absolute atomic E-state index is 7.77. The van der Waals surface area contributed by atoms with Crippen molar-refractivity contribution in [2.24, 2.45) is 46.3 Å². The first-order chi connectivity index (χ1) is 15.6. The van der Waals surface area contributed by atoms with Gasteiger partial charge in [-0.3, -0.25) is 0 Å². The lowest BCUT2D eigenvalue weighted by atomic mass is 9.47. The zero-order valence-electron chi connectivity index (χ0n) is 23.3.